The van der Waals surface area contributed by atoms with Crippen LogP contribution in [-0.2, 0) is 0 Å². The molecule has 6 fully saturated rings. The topological polar surface area (TPSA) is 63.9 Å². The van der Waals surface area contributed by atoms with Crippen molar-refractivity contribution in [1.29, 1.82) is 0 Å². The van der Waals surface area contributed by atoms with Gasteiger partial charge in [0.2, 0.25) is 0 Å². The number of piperidine rings is 2. The van der Waals surface area contributed by atoms with Crippen LogP contribution in [0.15, 0.2) is 0 Å². The van der Waals surface area contributed by atoms with Gasteiger partial charge in [-0.15, -0.1) is 0 Å². The molecule has 0 aromatic carbocycles. The minimum absolute atomic E-state index is 0.0814. The molecule has 4 saturated carbocycles. The number of hydrogen-bond donors (Lipinski definition) is 3. The molecule has 0 radical (unpaired) electrons. The summed E-state index contributed by atoms with van der Waals surface area (Å²) in [5.74, 6) is 3.55. The van der Waals surface area contributed by atoms with E-state index >= 15 is 0 Å². The van der Waals surface area contributed by atoms with E-state index in [2.05, 4.69) is 18.7 Å². The maximum atomic E-state index is 12.2. The fourth-order valence-electron chi connectivity index (χ4n) is 10.3. The smallest absolute Gasteiger partial charge is 0.0711 e. The highest BCUT2D eigenvalue weighted by Crippen LogP contribution is 2.68. The van der Waals surface area contributed by atoms with Crippen molar-refractivity contribution in [2.45, 2.75) is 102 Å². The number of rotatable bonds is 0. The summed E-state index contributed by atoms with van der Waals surface area (Å²) in [5, 5.41) is 33.7. The van der Waals surface area contributed by atoms with Gasteiger partial charge in [0.25, 0.3) is 0 Å². The van der Waals surface area contributed by atoms with Crippen molar-refractivity contribution in [2.75, 3.05) is 13.1 Å². The molecule has 6 aliphatic rings. The molecule has 2 heterocycles. The third-order valence-corrected chi connectivity index (χ3v) is 11.8. The molecule has 0 aromatic heterocycles. The maximum absolute atomic E-state index is 12.2. The molecule has 0 amide bonds. The van der Waals surface area contributed by atoms with Crippen LogP contribution in [0.5, 0.6) is 0 Å². The Bertz CT molecular complexity index is 685. The lowest BCUT2D eigenvalue weighted by Gasteiger charge is -2.58. The van der Waals surface area contributed by atoms with Gasteiger partial charge < -0.3 is 15.3 Å². The summed E-state index contributed by atoms with van der Waals surface area (Å²) in [5.41, 5.74) is -0.489. The van der Waals surface area contributed by atoms with Gasteiger partial charge in [0.15, 0.2) is 0 Å². The molecule has 170 valence electrons. The van der Waals surface area contributed by atoms with Crippen molar-refractivity contribution in [3.63, 3.8) is 0 Å². The average molecular weight is 418 g/mol. The largest absolute Gasteiger partial charge is 0.393 e. The summed E-state index contributed by atoms with van der Waals surface area (Å²) >= 11 is 0. The van der Waals surface area contributed by atoms with Crippen molar-refractivity contribution in [1.82, 2.24) is 4.90 Å². The van der Waals surface area contributed by atoms with Gasteiger partial charge in [-0.25, -0.2) is 0 Å². The predicted octanol–water partition coefficient (Wildman–Crippen LogP) is 3.43. The number of hydrogen-bond acceptors (Lipinski definition) is 4. The van der Waals surface area contributed by atoms with Crippen LogP contribution in [0.3, 0.4) is 0 Å². The second kappa shape index (κ2) is 6.92. The zero-order valence-electron chi connectivity index (χ0n) is 19.0. The number of aliphatic hydroxyl groups excluding tert-OH is 2. The summed E-state index contributed by atoms with van der Waals surface area (Å²) < 4.78 is 0. The Hall–Kier alpha value is -0.160. The molecule has 2 saturated heterocycles. The van der Waals surface area contributed by atoms with E-state index < -0.39 is 5.60 Å². The zero-order valence-corrected chi connectivity index (χ0v) is 19.0. The van der Waals surface area contributed by atoms with E-state index in [0.29, 0.717) is 17.8 Å². The number of nitrogens with zero attached hydrogens (tertiary/aromatic N) is 1. The average Bonchev–Trinajstić information content (AvgIpc) is 3.03. The first-order valence-electron chi connectivity index (χ1n) is 13.2. The van der Waals surface area contributed by atoms with E-state index in [-0.39, 0.29) is 29.5 Å². The van der Waals surface area contributed by atoms with Crippen molar-refractivity contribution >= 4 is 0 Å². The molecular formula is C26H43NO3. The standard InChI is InChI=1S/C26H43NO3/c1-15-17-7-9-26(30)19(18(17)14-27-10-4-3-5-23(15)27)12-20-21(26)13-24(29)22-11-16(28)6-8-25(20,22)2/h15-24,28-30H,3-14H2,1-2H3/t15-,16+,17-,18-,19+,20+,21-,22-,23+,24-,25-,26+/m1/s1. The molecule has 6 rings (SSSR count). The Morgan fingerprint density at radius 1 is 0.833 bits per heavy atom. The van der Waals surface area contributed by atoms with Gasteiger partial charge in [-0.3, -0.25) is 4.90 Å². The van der Waals surface area contributed by atoms with E-state index in [1.54, 1.807) is 0 Å². The first-order chi connectivity index (χ1) is 14.3. The summed E-state index contributed by atoms with van der Waals surface area (Å²) in [6.07, 6.45) is 10.2. The monoisotopic (exact) mass is 417 g/mol. The van der Waals surface area contributed by atoms with Crippen molar-refractivity contribution in [2.24, 2.45) is 46.8 Å². The third kappa shape index (κ3) is 2.66. The fraction of sp³-hybridized carbons (Fsp3) is 1.00. The third-order valence-electron chi connectivity index (χ3n) is 11.8. The lowest BCUT2D eigenvalue weighted by Crippen LogP contribution is -2.61. The fourth-order valence-corrected chi connectivity index (χ4v) is 10.3. The molecule has 0 spiro atoms. The van der Waals surface area contributed by atoms with Crippen molar-refractivity contribution in [3.8, 4) is 0 Å². The lowest BCUT2D eigenvalue weighted by molar-refractivity contribution is -0.175. The Morgan fingerprint density at radius 3 is 2.50 bits per heavy atom. The lowest BCUT2D eigenvalue weighted by atomic mass is 9.50. The molecule has 4 aliphatic carbocycles. The van der Waals surface area contributed by atoms with Gasteiger partial charge in [0.05, 0.1) is 17.8 Å². The first-order valence-corrected chi connectivity index (χ1v) is 13.2. The highest BCUT2D eigenvalue weighted by atomic mass is 16.3. The Kier molecular flexibility index (Phi) is 4.72. The number of aliphatic hydroxyl groups is 3. The van der Waals surface area contributed by atoms with E-state index in [1.165, 1.54) is 38.8 Å². The second-order valence-corrected chi connectivity index (χ2v) is 12.7. The second-order valence-electron chi connectivity index (χ2n) is 12.7. The zero-order chi connectivity index (χ0) is 20.8. The van der Waals surface area contributed by atoms with Gasteiger partial charge in [0.1, 0.15) is 0 Å². The number of fused-ring (bicyclic) bond motifs is 8. The van der Waals surface area contributed by atoms with Gasteiger partial charge in [-0.05, 0) is 111 Å². The van der Waals surface area contributed by atoms with Gasteiger partial charge in [-0.1, -0.05) is 20.3 Å². The highest BCUT2D eigenvalue weighted by Gasteiger charge is 2.67. The highest BCUT2D eigenvalue weighted by molar-refractivity contribution is 5.17. The first kappa shape index (κ1) is 20.4. The molecule has 2 aliphatic heterocycles. The molecule has 4 nitrogen and oxygen atoms in total. The van der Waals surface area contributed by atoms with E-state index in [4.69, 9.17) is 0 Å². The van der Waals surface area contributed by atoms with Crippen LogP contribution >= 0.6 is 0 Å². The summed E-state index contributed by atoms with van der Waals surface area (Å²) in [7, 11) is 0. The van der Waals surface area contributed by atoms with Gasteiger partial charge in [-0.2, -0.15) is 0 Å². The van der Waals surface area contributed by atoms with Gasteiger partial charge in [0, 0.05) is 12.6 Å². The molecule has 30 heavy (non-hydrogen) atoms. The summed E-state index contributed by atoms with van der Waals surface area (Å²) in [6, 6.07) is 0.776. The Balaban J connectivity index is 1.32. The maximum Gasteiger partial charge on any atom is 0.0711 e. The molecule has 3 N–H and O–H groups in total. The van der Waals surface area contributed by atoms with E-state index in [9.17, 15) is 15.3 Å². The van der Waals surface area contributed by atoms with Crippen molar-refractivity contribution < 1.29 is 15.3 Å². The Labute approximate surface area is 182 Å². The summed E-state index contributed by atoms with van der Waals surface area (Å²) in [6.45, 7) is 7.36. The Morgan fingerprint density at radius 2 is 1.67 bits per heavy atom. The van der Waals surface area contributed by atoms with Crippen LogP contribution in [0.25, 0.3) is 0 Å². The van der Waals surface area contributed by atoms with Crippen LogP contribution < -0.4 is 0 Å². The molecule has 0 bridgehead atoms. The van der Waals surface area contributed by atoms with E-state index in [1.807, 2.05) is 0 Å². The minimum Gasteiger partial charge on any atom is -0.393 e. The normalized spacial score (nSPS) is 60.7. The van der Waals surface area contributed by atoms with Crippen molar-refractivity contribution in [3.05, 3.63) is 0 Å². The van der Waals surface area contributed by atoms with Crippen LogP contribution in [-0.4, -0.2) is 57.2 Å². The molecule has 4 heteroatoms. The minimum atomic E-state index is -0.570. The van der Waals surface area contributed by atoms with E-state index in [0.717, 1.165) is 56.4 Å². The molecule has 0 aromatic rings. The van der Waals surface area contributed by atoms with Crippen LogP contribution in [0.4, 0.5) is 0 Å². The predicted molar refractivity (Wildman–Crippen MR) is 117 cm³/mol. The SMILES string of the molecule is C[C@@H]1[C@H]2CC[C@@]3(O)[C@@H]4C[C@@H](O)[C@H]5C[C@@H](O)CC[C@]5(C)[C@H]4C[C@H]3[C@@H]2CN2CCCC[C@@H]12. The molecular weight excluding hydrogens is 374 g/mol. The molecule has 0 unspecified atom stereocenters. The summed E-state index contributed by atoms with van der Waals surface area (Å²) in [4.78, 5) is 2.79. The van der Waals surface area contributed by atoms with Crippen LogP contribution in [0, 0.1) is 46.8 Å². The van der Waals surface area contributed by atoms with Crippen LogP contribution in [0.1, 0.15) is 78.1 Å². The van der Waals surface area contributed by atoms with Gasteiger partial charge >= 0.3 is 0 Å². The van der Waals surface area contributed by atoms with Crippen LogP contribution in [0.2, 0.25) is 0 Å². The quantitative estimate of drug-likeness (QED) is 0.565. The molecule has 12 atom stereocenters.